The van der Waals surface area contributed by atoms with Crippen molar-refractivity contribution in [1.82, 2.24) is 0 Å². The second-order valence-corrected chi connectivity index (χ2v) is 5.52. The van der Waals surface area contributed by atoms with Gasteiger partial charge in [-0.05, 0) is 44.1 Å². The molecule has 120 valence electrons. The molecular formula is C17H28O4. The molecule has 1 aliphatic carbocycles. The Hall–Kier alpha value is -1.32. The Kier molecular flexibility index (Phi) is 8.79. The summed E-state index contributed by atoms with van der Waals surface area (Å²) in [4.78, 5) is 24.4. The molecule has 0 bridgehead atoms. The number of carbonyl (C=O) groups excluding carboxylic acids is 2. The lowest BCUT2D eigenvalue weighted by molar-refractivity contribution is -0.147. The average molecular weight is 296 g/mol. The molecule has 0 aromatic heterocycles. The fourth-order valence-corrected chi connectivity index (χ4v) is 2.36. The second-order valence-electron chi connectivity index (χ2n) is 5.52. The van der Waals surface area contributed by atoms with E-state index in [0.29, 0.717) is 13.2 Å². The maximum absolute atomic E-state index is 12.2. The fourth-order valence-electron chi connectivity index (χ4n) is 2.36. The smallest absolute Gasteiger partial charge is 0.345 e. The Morgan fingerprint density at radius 1 is 0.857 bits per heavy atom. The normalized spacial score (nSPS) is 14.7. The van der Waals surface area contributed by atoms with Crippen molar-refractivity contribution in [3.8, 4) is 0 Å². The van der Waals surface area contributed by atoms with E-state index in [4.69, 9.17) is 9.47 Å². The van der Waals surface area contributed by atoms with Crippen molar-refractivity contribution < 1.29 is 19.1 Å². The molecule has 0 amide bonds. The van der Waals surface area contributed by atoms with Gasteiger partial charge in [0.05, 0.1) is 13.2 Å². The number of hydrogen-bond acceptors (Lipinski definition) is 4. The van der Waals surface area contributed by atoms with Gasteiger partial charge in [0.1, 0.15) is 5.57 Å². The van der Waals surface area contributed by atoms with Crippen molar-refractivity contribution in [2.75, 3.05) is 13.2 Å². The molecule has 1 rings (SSSR count). The van der Waals surface area contributed by atoms with Gasteiger partial charge < -0.3 is 9.47 Å². The first-order valence-corrected chi connectivity index (χ1v) is 8.27. The minimum Gasteiger partial charge on any atom is -0.462 e. The van der Waals surface area contributed by atoms with Crippen LogP contribution in [0, 0.1) is 0 Å². The summed E-state index contributed by atoms with van der Waals surface area (Å²) in [6, 6.07) is 0. The Bertz CT molecular complexity index is 339. The van der Waals surface area contributed by atoms with E-state index in [1.165, 1.54) is 0 Å². The average Bonchev–Trinajstić information content (AvgIpc) is 2.49. The van der Waals surface area contributed by atoms with E-state index in [-0.39, 0.29) is 5.57 Å². The summed E-state index contributed by atoms with van der Waals surface area (Å²) in [5.41, 5.74) is 1.09. The predicted molar refractivity (Wildman–Crippen MR) is 81.8 cm³/mol. The first kappa shape index (κ1) is 17.7. The van der Waals surface area contributed by atoms with Gasteiger partial charge in [0, 0.05) is 0 Å². The highest BCUT2D eigenvalue weighted by Crippen LogP contribution is 2.27. The number of hydrogen-bond donors (Lipinski definition) is 0. The zero-order valence-corrected chi connectivity index (χ0v) is 13.4. The minimum atomic E-state index is -0.498. The van der Waals surface area contributed by atoms with Gasteiger partial charge in [-0.25, -0.2) is 9.59 Å². The van der Waals surface area contributed by atoms with Crippen molar-refractivity contribution in [2.24, 2.45) is 0 Å². The topological polar surface area (TPSA) is 52.6 Å². The number of unbranched alkanes of at least 4 members (excludes halogenated alkanes) is 2. The van der Waals surface area contributed by atoms with Crippen LogP contribution in [-0.4, -0.2) is 25.2 Å². The fraction of sp³-hybridized carbons (Fsp3) is 0.765. The van der Waals surface area contributed by atoms with Crippen LogP contribution in [0.1, 0.15) is 71.6 Å². The largest absolute Gasteiger partial charge is 0.462 e. The van der Waals surface area contributed by atoms with Crippen LogP contribution in [0.2, 0.25) is 0 Å². The van der Waals surface area contributed by atoms with Gasteiger partial charge in [0.2, 0.25) is 0 Å². The van der Waals surface area contributed by atoms with Crippen molar-refractivity contribution >= 4 is 11.9 Å². The Labute approximate surface area is 127 Å². The number of ether oxygens (including phenoxy) is 2. The second kappa shape index (κ2) is 10.4. The highest BCUT2D eigenvalue weighted by Gasteiger charge is 2.26. The standard InChI is InChI=1S/C17H28O4/c1-3-5-12-20-16(18)15(14-10-8-7-9-11-14)17(19)21-13-6-4-2/h3-13H2,1-2H3. The van der Waals surface area contributed by atoms with Crippen LogP contribution < -0.4 is 0 Å². The van der Waals surface area contributed by atoms with Gasteiger partial charge in [-0.1, -0.05) is 33.1 Å². The maximum atomic E-state index is 12.2. The third-order valence-electron chi connectivity index (χ3n) is 3.68. The summed E-state index contributed by atoms with van der Waals surface area (Å²) in [6.07, 6.45) is 8.39. The van der Waals surface area contributed by atoms with E-state index in [1.54, 1.807) is 0 Å². The Morgan fingerprint density at radius 2 is 1.33 bits per heavy atom. The van der Waals surface area contributed by atoms with E-state index < -0.39 is 11.9 Å². The van der Waals surface area contributed by atoms with E-state index in [2.05, 4.69) is 0 Å². The lowest BCUT2D eigenvalue weighted by Crippen LogP contribution is -2.22. The molecule has 1 fully saturated rings. The molecule has 0 unspecified atom stereocenters. The minimum absolute atomic E-state index is 0.168. The number of carbonyl (C=O) groups is 2. The van der Waals surface area contributed by atoms with Crippen molar-refractivity contribution in [3.05, 3.63) is 11.1 Å². The highest BCUT2D eigenvalue weighted by atomic mass is 16.6. The zero-order chi connectivity index (χ0) is 15.5. The Morgan fingerprint density at radius 3 is 1.76 bits per heavy atom. The Balaban J connectivity index is 2.73. The van der Waals surface area contributed by atoms with E-state index in [0.717, 1.165) is 63.4 Å². The molecular weight excluding hydrogens is 268 g/mol. The summed E-state index contributed by atoms with van der Waals surface area (Å²) in [5.74, 6) is -0.997. The summed E-state index contributed by atoms with van der Waals surface area (Å²) >= 11 is 0. The monoisotopic (exact) mass is 296 g/mol. The van der Waals surface area contributed by atoms with Crippen LogP contribution in [0.5, 0.6) is 0 Å². The molecule has 0 N–H and O–H groups in total. The summed E-state index contributed by atoms with van der Waals surface area (Å²) in [7, 11) is 0. The summed E-state index contributed by atoms with van der Waals surface area (Å²) < 4.78 is 10.5. The molecule has 1 aliphatic rings. The quantitative estimate of drug-likeness (QED) is 0.224. The summed E-state index contributed by atoms with van der Waals surface area (Å²) in [6.45, 7) is 4.81. The zero-order valence-electron chi connectivity index (χ0n) is 13.4. The predicted octanol–water partition coefficient (Wildman–Crippen LogP) is 3.93. The molecule has 0 aromatic carbocycles. The van der Waals surface area contributed by atoms with Gasteiger partial charge in [-0.3, -0.25) is 0 Å². The molecule has 1 saturated carbocycles. The van der Waals surface area contributed by atoms with Gasteiger partial charge in [0.15, 0.2) is 0 Å². The number of rotatable bonds is 8. The van der Waals surface area contributed by atoms with Crippen LogP contribution in [-0.2, 0) is 19.1 Å². The van der Waals surface area contributed by atoms with Crippen LogP contribution in [0.3, 0.4) is 0 Å². The van der Waals surface area contributed by atoms with Gasteiger partial charge >= 0.3 is 11.9 Å². The molecule has 0 spiro atoms. The molecule has 4 nitrogen and oxygen atoms in total. The van der Waals surface area contributed by atoms with Crippen molar-refractivity contribution in [1.29, 1.82) is 0 Å². The maximum Gasteiger partial charge on any atom is 0.345 e. The third kappa shape index (κ3) is 6.32. The molecule has 0 aliphatic heterocycles. The van der Waals surface area contributed by atoms with Crippen LogP contribution >= 0.6 is 0 Å². The number of esters is 2. The molecule has 0 radical (unpaired) electrons. The lowest BCUT2D eigenvalue weighted by atomic mass is 9.91. The van der Waals surface area contributed by atoms with Crippen molar-refractivity contribution in [3.63, 3.8) is 0 Å². The van der Waals surface area contributed by atoms with Crippen LogP contribution in [0.25, 0.3) is 0 Å². The van der Waals surface area contributed by atoms with Crippen LogP contribution in [0.4, 0.5) is 0 Å². The molecule has 0 aromatic rings. The molecule has 21 heavy (non-hydrogen) atoms. The molecule has 0 heterocycles. The van der Waals surface area contributed by atoms with Crippen molar-refractivity contribution in [2.45, 2.75) is 71.6 Å². The number of allylic oxidation sites excluding steroid dienone is 1. The third-order valence-corrected chi connectivity index (χ3v) is 3.68. The molecule has 4 heteroatoms. The van der Waals surface area contributed by atoms with E-state index in [1.807, 2.05) is 13.8 Å². The lowest BCUT2D eigenvalue weighted by Gasteiger charge is -2.18. The van der Waals surface area contributed by atoms with Gasteiger partial charge in [0.25, 0.3) is 0 Å². The van der Waals surface area contributed by atoms with Crippen LogP contribution in [0.15, 0.2) is 11.1 Å². The van der Waals surface area contributed by atoms with E-state index >= 15 is 0 Å². The van der Waals surface area contributed by atoms with Gasteiger partial charge in [-0.15, -0.1) is 0 Å². The highest BCUT2D eigenvalue weighted by molar-refractivity contribution is 6.14. The first-order chi connectivity index (χ1) is 10.2. The first-order valence-electron chi connectivity index (χ1n) is 8.27. The van der Waals surface area contributed by atoms with E-state index in [9.17, 15) is 9.59 Å². The van der Waals surface area contributed by atoms with Gasteiger partial charge in [-0.2, -0.15) is 0 Å². The molecule has 0 saturated heterocycles. The summed E-state index contributed by atoms with van der Waals surface area (Å²) in [5, 5.41) is 0. The SMILES string of the molecule is CCCCOC(=O)C(C(=O)OCCCC)=C1CCCCC1. The molecule has 0 atom stereocenters.